The van der Waals surface area contributed by atoms with Crippen LogP contribution < -0.4 is 10.1 Å². The molecule has 1 aliphatic carbocycles. The zero-order valence-corrected chi connectivity index (χ0v) is 16.8. The van der Waals surface area contributed by atoms with Gasteiger partial charge in [-0.3, -0.25) is 9.89 Å². The van der Waals surface area contributed by atoms with Gasteiger partial charge in [-0.1, -0.05) is 0 Å². The second-order valence-corrected chi connectivity index (χ2v) is 7.99. The standard InChI is InChI=1S/C21H27N5O2/c1-12(2)26-11-14(10-17(26)20(27)23-15-6-5-7-15)19-18-16(24-25-19)8-9-22-21(18)28-13(3)4/h8-13,15H,5-7H2,1-4H3,(H,23,27)(H,24,25). The molecular weight excluding hydrogens is 354 g/mol. The molecule has 1 fully saturated rings. The average molecular weight is 381 g/mol. The Morgan fingerprint density at radius 2 is 2.11 bits per heavy atom. The molecule has 28 heavy (non-hydrogen) atoms. The Balaban J connectivity index is 1.77. The molecule has 3 aromatic rings. The number of nitrogens with zero attached hydrogens (tertiary/aromatic N) is 3. The van der Waals surface area contributed by atoms with E-state index < -0.39 is 0 Å². The number of aromatic amines is 1. The van der Waals surface area contributed by atoms with Crippen LogP contribution in [-0.2, 0) is 0 Å². The van der Waals surface area contributed by atoms with Gasteiger partial charge in [0.15, 0.2) is 0 Å². The highest BCUT2D eigenvalue weighted by Gasteiger charge is 2.24. The molecule has 0 atom stereocenters. The molecule has 148 valence electrons. The van der Waals surface area contributed by atoms with Crippen LogP contribution in [-0.4, -0.2) is 37.8 Å². The van der Waals surface area contributed by atoms with Crippen LogP contribution in [0.5, 0.6) is 5.88 Å². The molecule has 0 aliphatic heterocycles. The van der Waals surface area contributed by atoms with Gasteiger partial charge in [-0.05, 0) is 59.1 Å². The number of pyridine rings is 1. The lowest BCUT2D eigenvalue weighted by atomic mass is 9.93. The highest BCUT2D eigenvalue weighted by Crippen LogP contribution is 2.34. The summed E-state index contributed by atoms with van der Waals surface area (Å²) in [5, 5.41) is 11.5. The minimum atomic E-state index is -0.0266. The molecule has 4 rings (SSSR count). The van der Waals surface area contributed by atoms with E-state index in [9.17, 15) is 4.79 Å². The van der Waals surface area contributed by atoms with Crippen LogP contribution >= 0.6 is 0 Å². The summed E-state index contributed by atoms with van der Waals surface area (Å²) >= 11 is 0. The fourth-order valence-corrected chi connectivity index (χ4v) is 3.49. The largest absolute Gasteiger partial charge is 0.474 e. The zero-order chi connectivity index (χ0) is 19.8. The summed E-state index contributed by atoms with van der Waals surface area (Å²) in [5.74, 6) is 0.523. The molecule has 1 aliphatic rings. The Bertz CT molecular complexity index is 998. The lowest BCUT2D eigenvalue weighted by Gasteiger charge is -2.26. The average Bonchev–Trinajstić information content (AvgIpc) is 3.22. The quantitative estimate of drug-likeness (QED) is 0.674. The second kappa shape index (κ2) is 7.30. The van der Waals surface area contributed by atoms with Crippen molar-refractivity contribution in [1.82, 2.24) is 25.1 Å². The maximum Gasteiger partial charge on any atom is 0.268 e. The third-order valence-corrected chi connectivity index (χ3v) is 5.14. The van der Waals surface area contributed by atoms with Crippen LogP contribution in [0.15, 0.2) is 24.5 Å². The minimum Gasteiger partial charge on any atom is -0.474 e. The monoisotopic (exact) mass is 381 g/mol. The van der Waals surface area contributed by atoms with Crippen LogP contribution in [0.25, 0.3) is 22.2 Å². The number of nitrogens with one attached hydrogen (secondary N) is 2. The highest BCUT2D eigenvalue weighted by atomic mass is 16.5. The third-order valence-electron chi connectivity index (χ3n) is 5.14. The van der Waals surface area contributed by atoms with Gasteiger partial charge in [-0.25, -0.2) is 4.98 Å². The summed E-state index contributed by atoms with van der Waals surface area (Å²) in [6, 6.07) is 4.25. The zero-order valence-electron chi connectivity index (χ0n) is 16.8. The smallest absolute Gasteiger partial charge is 0.268 e. The van der Waals surface area contributed by atoms with Crippen molar-refractivity contribution in [3.63, 3.8) is 0 Å². The molecule has 1 saturated carbocycles. The molecule has 7 heteroatoms. The summed E-state index contributed by atoms with van der Waals surface area (Å²) in [4.78, 5) is 17.2. The van der Waals surface area contributed by atoms with Gasteiger partial charge in [0.05, 0.1) is 17.0 Å². The van der Waals surface area contributed by atoms with Crippen molar-refractivity contribution in [3.05, 3.63) is 30.2 Å². The number of fused-ring (bicyclic) bond motifs is 1. The van der Waals surface area contributed by atoms with Gasteiger partial charge in [-0.15, -0.1) is 0 Å². The Kier molecular flexibility index (Phi) is 4.83. The molecule has 2 N–H and O–H groups in total. The molecule has 3 heterocycles. The second-order valence-electron chi connectivity index (χ2n) is 7.99. The first-order valence-corrected chi connectivity index (χ1v) is 9.97. The SMILES string of the molecule is CC(C)Oc1nccc2[nH]nc(-c3cc(C(=O)NC4CCC4)n(C(C)C)c3)c12. The van der Waals surface area contributed by atoms with E-state index in [1.54, 1.807) is 6.20 Å². The van der Waals surface area contributed by atoms with Crippen molar-refractivity contribution < 1.29 is 9.53 Å². The first-order chi connectivity index (χ1) is 13.4. The third kappa shape index (κ3) is 3.37. The number of rotatable bonds is 6. The van der Waals surface area contributed by atoms with Crippen LogP contribution in [0.4, 0.5) is 0 Å². The van der Waals surface area contributed by atoms with Gasteiger partial charge in [0.2, 0.25) is 5.88 Å². The number of aromatic nitrogens is 4. The van der Waals surface area contributed by atoms with E-state index in [1.165, 1.54) is 6.42 Å². The number of amides is 1. The van der Waals surface area contributed by atoms with Crippen molar-refractivity contribution in [2.75, 3.05) is 0 Å². The fourth-order valence-electron chi connectivity index (χ4n) is 3.49. The molecule has 0 radical (unpaired) electrons. The molecule has 7 nitrogen and oxygen atoms in total. The van der Waals surface area contributed by atoms with Crippen LogP contribution in [0.1, 0.15) is 63.5 Å². The predicted octanol–water partition coefficient (Wildman–Crippen LogP) is 4.08. The molecule has 0 unspecified atom stereocenters. The van der Waals surface area contributed by atoms with Crippen molar-refractivity contribution in [2.24, 2.45) is 0 Å². The van der Waals surface area contributed by atoms with Crippen molar-refractivity contribution in [3.8, 4) is 17.1 Å². The van der Waals surface area contributed by atoms with Crippen molar-refractivity contribution in [1.29, 1.82) is 0 Å². The van der Waals surface area contributed by atoms with Gasteiger partial charge in [0, 0.05) is 30.0 Å². The predicted molar refractivity (Wildman–Crippen MR) is 109 cm³/mol. The van der Waals surface area contributed by atoms with E-state index in [0.29, 0.717) is 17.6 Å². The lowest BCUT2D eigenvalue weighted by molar-refractivity contribution is 0.0906. The topological polar surface area (TPSA) is 84.8 Å². The fraction of sp³-hybridized carbons (Fsp3) is 0.476. The molecule has 1 amide bonds. The summed E-state index contributed by atoms with van der Waals surface area (Å²) in [7, 11) is 0. The number of hydrogen-bond acceptors (Lipinski definition) is 4. The summed E-state index contributed by atoms with van der Waals surface area (Å²) in [6.45, 7) is 8.08. The molecular formula is C21H27N5O2. The van der Waals surface area contributed by atoms with Crippen molar-refractivity contribution >= 4 is 16.8 Å². The Hall–Kier alpha value is -2.83. The maximum atomic E-state index is 12.8. The molecule has 0 aromatic carbocycles. The summed E-state index contributed by atoms with van der Waals surface area (Å²) in [5.41, 5.74) is 3.14. The number of carbonyl (C=O) groups excluding carboxylic acids is 1. The van der Waals surface area contributed by atoms with E-state index in [0.717, 1.165) is 35.0 Å². The van der Waals surface area contributed by atoms with Crippen LogP contribution in [0, 0.1) is 0 Å². The van der Waals surface area contributed by atoms with E-state index in [-0.39, 0.29) is 18.1 Å². The Morgan fingerprint density at radius 3 is 2.75 bits per heavy atom. The first kappa shape index (κ1) is 18.5. The summed E-state index contributed by atoms with van der Waals surface area (Å²) < 4.78 is 7.90. The van der Waals surface area contributed by atoms with E-state index in [2.05, 4.69) is 34.3 Å². The van der Waals surface area contributed by atoms with Gasteiger partial charge in [0.1, 0.15) is 11.4 Å². The van der Waals surface area contributed by atoms with Crippen LogP contribution in [0.3, 0.4) is 0 Å². The van der Waals surface area contributed by atoms with E-state index in [1.807, 2.05) is 36.7 Å². The van der Waals surface area contributed by atoms with Gasteiger partial charge >= 0.3 is 0 Å². The maximum absolute atomic E-state index is 12.8. The molecule has 0 bridgehead atoms. The number of H-pyrrole nitrogens is 1. The highest BCUT2D eigenvalue weighted by molar-refractivity contribution is 5.99. The van der Waals surface area contributed by atoms with E-state index >= 15 is 0 Å². The first-order valence-electron chi connectivity index (χ1n) is 9.97. The number of hydrogen-bond donors (Lipinski definition) is 2. The Morgan fingerprint density at radius 1 is 1.32 bits per heavy atom. The van der Waals surface area contributed by atoms with Gasteiger partial charge in [0.25, 0.3) is 5.91 Å². The Labute approximate surface area is 164 Å². The lowest BCUT2D eigenvalue weighted by Crippen LogP contribution is -2.40. The number of ether oxygens (including phenoxy) is 1. The van der Waals surface area contributed by atoms with Gasteiger partial charge < -0.3 is 14.6 Å². The molecule has 3 aromatic heterocycles. The van der Waals surface area contributed by atoms with Crippen molar-refractivity contribution in [2.45, 2.75) is 65.1 Å². The minimum absolute atomic E-state index is 0.00456. The van der Waals surface area contributed by atoms with E-state index in [4.69, 9.17) is 4.74 Å². The normalized spacial score (nSPS) is 14.6. The number of carbonyl (C=O) groups is 1. The molecule has 0 spiro atoms. The summed E-state index contributed by atoms with van der Waals surface area (Å²) in [6.07, 6.45) is 7.01. The molecule has 0 saturated heterocycles. The van der Waals surface area contributed by atoms with Crippen LogP contribution in [0.2, 0.25) is 0 Å². The van der Waals surface area contributed by atoms with Gasteiger partial charge in [-0.2, -0.15) is 5.10 Å².